The molecule has 120 valence electrons. The largest absolute Gasteiger partial charge is 0.363 e. The number of primary amides is 1. The van der Waals surface area contributed by atoms with Crippen LogP contribution in [0.2, 0.25) is 0 Å². The molecule has 1 amide bonds. The van der Waals surface area contributed by atoms with E-state index in [1.54, 1.807) is 12.4 Å². The van der Waals surface area contributed by atoms with Crippen molar-refractivity contribution in [3.8, 4) is 11.5 Å². The van der Waals surface area contributed by atoms with Crippen molar-refractivity contribution >= 4 is 11.6 Å². The number of amides is 1. The molecule has 1 saturated heterocycles. The molecule has 3 N–H and O–H groups in total. The fourth-order valence-electron chi connectivity index (χ4n) is 3.16. The van der Waals surface area contributed by atoms with E-state index in [-0.39, 0.29) is 6.61 Å². The number of carbonyl (C=O) groups excluding carboxylic acids is 1. The molecule has 2 aromatic rings. The smallest absolute Gasteiger partial charge is 0.333 e. The summed E-state index contributed by atoms with van der Waals surface area (Å²) in [6.45, 7) is 0.566. The first-order chi connectivity index (χ1) is 11.1. The zero-order valence-electron chi connectivity index (χ0n) is 12.4. The molecule has 2 aliphatic rings. The lowest BCUT2D eigenvalue weighted by atomic mass is 10.1. The third kappa shape index (κ3) is 2.10. The zero-order chi connectivity index (χ0) is 16.0. The van der Waals surface area contributed by atoms with Gasteiger partial charge >= 0.3 is 11.8 Å². The van der Waals surface area contributed by atoms with Gasteiger partial charge in [0.25, 0.3) is 0 Å². The third-order valence-corrected chi connectivity index (χ3v) is 4.32. The summed E-state index contributed by atoms with van der Waals surface area (Å²) >= 11 is 0. The second-order valence-corrected chi connectivity index (χ2v) is 5.71. The van der Waals surface area contributed by atoms with E-state index >= 15 is 0 Å². The second-order valence-electron chi connectivity index (χ2n) is 5.71. The monoisotopic (exact) mass is 316 g/mol. The molecule has 0 spiro atoms. The minimum Gasteiger partial charge on any atom is -0.363 e. The maximum absolute atomic E-state index is 11.5. The maximum Gasteiger partial charge on any atom is 0.333 e. The average Bonchev–Trinajstić information content (AvgIpc) is 3.11. The standard InChI is InChI=1S/C15H16N4O4/c16-14(20)15(21)19(4-5-22-15)11-6-9-2-1-3-10-7-18-23-13(10)12(9)17-8-11/h6-8,21H,1-5H2,(H2,16,20)/t15-/m0/s1. The summed E-state index contributed by atoms with van der Waals surface area (Å²) in [5, 5.41) is 14.2. The van der Waals surface area contributed by atoms with Crippen molar-refractivity contribution < 1.29 is 19.2 Å². The molecule has 0 aromatic carbocycles. The fourth-order valence-corrected chi connectivity index (χ4v) is 3.16. The van der Waals surface area contributed by atoms with Crippen LogP contribution in [0.5, 0.6) is 0 Å². The quantitative estimate of drug-likeness (QED) is 0.813. The SMILES string of the molecule is NC(=O)[C@]1(O)OCCN1c1cnc2c(c1)CCCc1cnoc1-2. The van der Waals surface area contributed by atoms with Crippen molar-refractivity contribution in [1.29, 1.82) is 0 Å². The number of ether oxygens (including phenoxy) is 1. The Morgan fingerprint density at radius 2 is 2.17 bits per heavy atom. The van der Waals surface area contributed by atoms with E-state index in [1.165, 1.54) is 4.90 Å². The highest BCUT2D eigenvalue weighted by molar-refractivity contribution is 5.85. The Balaban J connectivity index is 1.77. The highest BCUT2D eigenvalue weighted by Crippen LogP contribution is 2.35. The van der Waals surface area contributed by atoms with Crippen LogP contribution >= 0.6 is 0 Å². The van der Waals surface area contributed by atoms with Crippen LogP contribution in [0.4, 0.5) is 5.69 Å². The van der Waals surface area contributed by atoms with Crippen LogP contribution in [0.1, 0.15) is 17.5 Å². The number of hydrogen-bond donors (Lipinski definition) is 2. The van der Waals surface area contributed by atoms with Crippen LogP contribution in [0, 0.1) is 0 Å². The number of hydrogen-bond acceptors (Lipinski definition) is 7. The molecule has 0 unspecified atom stereocenters. The van der Waals surface area contributed by atoms with E-state index in [0.717, 1.165) is 36.1 Å². The highest BCUT2D eigenvalue weighted by Gasteiger charge is 2.47. The van der Waals surface area contributed by atoms with Gasteiger partial charge in [-0.1, -0.05) is 5.16 Å². The van der Waals surface area contributed by atoms with E-state index in [1.807, 2.05) is 6.07 Å². The van der Waals surface area contributed by atoms with E-state index in [2.05, 4.69) is 10.1 Å². The molecule has 1 atom stereocenters. The number of fused-ring (bicyclic) bond motifs is 3. The number of nitrogens with two attached hydrogens (primary N) is 1. The summed E-state index contributed by atoms with van der Waals surface area (Å²) in [6, 6.07) is 1.89. The summed E-state index contributed by atoms with van der Waals surface area (Å²) in [5.41, 5.74) is 8.64. The lowest BCUT2D eigenvalue weighted by Gasteiger charge is -2.30. The van der Waals surface area contributed by atoms with E-state index < -0.39 is 11.8 Å². The molecule has 1 fully saturated rings. The van der Waals surface area contributed by atoms with Crippen molar-refractivity contribution in [3.63, 3.8) is 0 Å². The van der Waals surface area contributed by atoms with Crippen molar-refractivity contribution in [1.82, 2.24) is 10.1 Å². The number of rotatable bonds is 2. The fraction of sp³-hybridized carbons (Fsp3) is 0.400. The summed E-state index contributed by atoms with van der Waals surface area (Å²) in [4.78, 5) is 17.4. The third-order valence-electron chi connectivity index (χ3n) is 4.32. The molecule has 8 heteroatoms. The number of carbonyl (C=O) groups is 1. The van der Waals surface area contributed by atoms with Gasteiger partial charge in [-0.15, -0.1) is 0 Å². The van der Waals surface area contributed by atoms with Gasteiger partial charge in [0.2, 0.25) is 0 Å². The van der Waals surface area contributed by atoms with Crippen molar-refractivity contribution in [3.05, 3.63) is 29.6 Å². The van der Waals surface area contributed by atoms with Crippen molar-refractivity contribution in [2.24, 2.45) is 5.73 Å². The predicted octanol–water partition coefficient (Wildman–Crippen LogP) is 0.193. The Morgan fingerprint density at radius 1 is 1.35 bits per heavy atom. The van der Waals surface area contributed by atoms with Gasteiger partial charge in [-0.25, -0.2) is 0 Å². The minimum absolute atomic E-state index is 0.211. The predicted molar refractivity (Wildman–Crippen MR) is 79.2 cm³/mol. The molecule has 0 radical (unpaired) electrons. The summed E-state index contributed by atoms with van der Waals surface area (Å²) in [7, 11) is 0. The molecule has 0 bridgehead atoms. The Hall–Kier alpha value is -2.45. The Labute approximate surface area is 131 Å². The first-order valence-corrected chi connectivity index (χ1v) is 7.46. The van der Waals surface area contributed by atoms with Gasteiger partial charge < -0.3 is 25.0 Å². The minimum atomic E-state index is -2.13. The van der Waals surface area contributed by atoms with Crippen LogP contribution in [0.3, 0.4) is 0 Å². The zero-order valence-corrected chi connectivity index (χ0v) is 12.4. The molecule has 8 nitrogen and oxygen atoms in total. The molecular weight excluding hydrogens is 300 g/mol. The van der Waals surface area contributed by atoms with Gasteiger partial charge in [0.1, 0.15) is 5.69 Å². The Morgan fingerprint density at radius 3 is 3.00 bits per heavy atom. The number of anilines is 1. The van der Waals surface area contributed by atoms with Crippen LogP contribution in [-0.4, -0.2) is 40.2 Å². The van der Waals surface area contributed by atoms with Gasteiger partial charge in [-0.2, -0.15) is 0 Å². The highest BCUT2D eigenvalue weighted by atomic mass is 16.7. The topological polar surface area (TPSA) is 115 Å². The lowest BCUT2D eigenvalue weighted by Crippen LogP contribution is -2.55. The van der Waals surface area contributed by atoms with E-state index in [4.69, 9.17) is 15.0 Å². The van der Waals surface area contributed by atoms with Crippen LogP contribution in [0.15, 0.2) is 23.0 Å². The van der Waals surface area contributed by atoms with Crippen LogP contribution in [0.25, 0.3) is 11.5 Å². The van der Waals surface area contributed by atoms with Gasteiger partial charge in [0, 0.05) is 12.1 Å². The summed E-state index contributed by atoms with van der Waals surface area (Å²) < 4.78 is 10.5. The van der Waals surface area contributed by atoms with Gasteiger partial charge in [0.05, 0.1) is 24.7 Å². The Kier molecular flexibility index (Phi) is 3.10. The van der Waals surface area contributed by atoms with Gasteiger partial charge in [-0.05, 0) is 30.9 Å². The maximum atomic E-state index is 11.5. The number of nitrogens with zero attached hydrogens (tertiary/aromatic N) is 3. The molecule has 2 aromatic heterocycles. The first kappa shape index (κ1) is 14.2. The lowest BCUT2D eigenvalue weighted by molar-refractivity contribution is -0.184. The van der Waals surface area contributed by atoms with Crippen molar-refractivity contribution in [2.45, 2.75) is 25.2 Å². The number of aryl methyl sites for hydroxylation is 2. The number of aromatic nitrogens is 2. The number of aliphatic hydroxyl groups is 1. The van der Waals surface area contributed by atoms with Gasteiger partial charge in [-0.3, -0.25) is 9.78 Å². The average molecular weight is 316 g/mol. The summed E-state index contributed by atoms with van der Waals surface area (Å²) in [6.07, 6.45) is 5.95. The van der Waals surface area contributed by atoms with E-state index in [9.17, 15) is 9.90 Å². The van der Waals surface area contributed by atoms with Crippen molar-refractivity contribution in [2.75, 3.05) is 18.1 Å². The van der Waals surface area contributed by atoms with Crippen LogP contribution in [-0.2, 0) is 22.4 Å². The molecule has 0 saturated carbocycles. The molecule has 1 aliphatic heterocycles. The Bertz CT molecular complexity index is 775. The summed E-state index contributed by atoms with van der Waals surface area (Å²) in [5.74, 6) is -2.38. The van der Waals surface area contributed by atoms with Gasteiger partial charge in [0.15, 0.2) is 5.76 Å². The molecular formula is C15H16N4O4. The molecule has 4 rings (SSSR count). The molecule has 3 heterocycles. The first-order valence-electron chi connectivity index (χ1n) is 7.46. The second kappa shape index (κ2) is 5.04. The number of pyridine rings is 1. The molecule has 1 aliphatic carbocycles. The van der Waals surface area contributed by atoms with Crippen LogP contribution < -0.4 is 10.6 Å². The normalized spacial score (nSPS) is 23.3. The van der Waals surface area contributed by atoms with E-state index in [0.29, 0.717) is 18.0 Å². The molecule has 23 heavy (non-hydrogen) atoms.